The molecule has 3 atom stereocenters. The number of ether oxygens (including phenoxy) is 2. The number of rotatable bonds is 4. The van der Waals surface area contributed by atoms with Gasteiger partial charge in [0.1, 0.15) is 5.60 Å². The van der Waals surface area contributed by atoms with Crippen LogP contribution in [0.1, 0.15) is 59.3 Å². The molecular weight excluding hydrogens is 310 g/mol. The van der Waals surface area contributed by atoms with Gasteiger partial charge in [0.05, 0.1) is 18.2 Å². The summed E-state index contributed by atoms with van der Waals surface area (Å²) in [5.74, 6) is 0. The third kappa shape index (κ3) is 6.55. The third-order valence-corrected chi connectivity index (χ3v) is 4.30. The van der Waals surface area contributed by atoms with Crippen molar-refractivity contribution in [1.82, 2.24) is 16.0 Å². The maximum absolute atomic E-state index is 12.1. The Morgan fingerprint density at radius 2 is 1.71 bits per heavy atom. The zero-order valence-electron chi connectivity index (χ0n) is 15.0. The van der Waals surface area contributed by atoms with Crippen LogP contribution < -0.4 is 16.0 Å². The summed E-state index contributed by atoms with van der Waals surface area (Å²) >= 11 is 0. The Morgan fingerprint density at radius 1 is 1.04 bits per heavy atom. The van der Waals surface area contributed by atoms with Crippen molar-refractivity contribution in [3.63, 3.8) is 0 Å². The molecule has 3 amide bonds. The molecule has 0 bridgehead atoms. The van der Waals surface area contributed by atoms with E-state index in [-0.39, 0.29) is 24.2 Å². The Morgan fingerprint density at radius 3 is 2.29 bits per heavy atom. The zero-order valence-corrected chi connectivity index (χ0v) is 15.0. The highest BCUT2D eigenvalue weighted by Gasteiger charge is 2.29. The van der Waals surface area contributed by atoms with Gasteiger partial charge in [-0.15, -0.1) is 0 Å². The number of hydrogen-bond acceptors (Lipinski definition) is 4. The second-order valence-electron chi connectivity index (χ2n) is 7.63. The molecule has 1 saturated heterocycles. The van der Waals surface area contributed by atoms with E-state index in [4.69, 9.17) is 9.47 Å². The van der Waals surface area contributed by atoms with E-state index in [9.17, 15) is 9.59 Å². The molecule has 7 nitrogen and oxygen atoms in total. The van der Waals surface area contributed by atoms with Gasteiger partial charge in [0, 0.05) is 13.2 Å². The fourth-order valence-electron chi connectivity index (χ4n) is 3.17. The summed E-state index contributed by atoms with van der Waals surface area (Å²) in [5.41, 5.74) is -0.527. The Bertz CT molecular complexity index is 430. The van der Waals surface area contributed by atoms with E-state index >= 15 is 0 Å². The summed E-state index contributed by atoms with van der Waals surface area (Å²) in [4.78, 5) is 24.1. The van der Waals surface area contributed by atoms with Crippen molar-refractivity contribution < 1.29 is 19.1 Å². The number of urea groups is 1. The lowest BCUT2D eigenvalue weighted by Gasteiger charge is -2.33. The van der Waals surface area contributed by atoms with Crippen molar-refractivity contribution in [3.8, 4) is 0 Å². The van der Waals surface area contributed by atoms with Gasteiger partial charge in [-0.3, -0.25) is 0 Å². The van der Waals surface area contributed by atoms with Crippen LogP contribution in [-0.4, -0.2) is 49.1 Å². The van der Waals surface area contributed by atoms with Crippen LogP contribution in [0.5, 0.6) is 0 Å². The number of amides is 3. The number of nitrogens with one attached hydrogen (secondary N) is 3. The van der Waals surface area contributed by atoms with Crippen molar-refractivity contribution in [3.05, 3.63) is 0 Å². The molecule has 0 aromatic rings. The molecule has 1 aliphatic heterocycles. The van der Waals surface area contributed by atoms with Crippen LogP contribution >= 0.6 is 0 Å². The molecule has 0 aromatic heterocycles. The molecule has 2 aliphatic rings. The lowest BCUT2D eigenvalue weighted by molar-refractivity contribution is 0.0480. The van der Waals surface area contributed by atoms with Gasteiger partial charge in [-0.1, -0.05) is 12.8 Å². The van der Waals surface area contributed by atoms with Gasteiger partial charge in [0.2, 0.25) is 0 Å². The maximum atomic E-state index is 12.1. The molecule has 1 aliphatic carbocycles. The van der Waals surface area contributed by atoms with E-state index in [2.05, 4.69) is 16.0 Å². The third-order valence-electron chi connectivity index (χ3n) is 4.30. The van der Waals surface area contributed by atoms with E-state index in [1.54, 1.807) is 0 Å². The van der Waals surface area contributed by atoms with Crippen LogP contribution in [-0.2, 0) is 9.47 Å². The summed E-state index contributed by atoms with van der Waals surface area (Å²) in [7, 11) is 0. The minimum Gasteiger partial charge on any atom is -0.444 e. The zero-order chi connectivity index (χ0) is 17.6. The molecule has 1 heterocycles. The van der Waals surface area contributed by atoms with E-state index in [0.717, 1.165) is 45.1 Å². The summed E-state index contributed by atoms with van der Waals surface area (Å²) < 4.78 is 10.8. The average Bonchev–Trinajstić information content (AvgIpc) is 2.98. The molecular formula is C17H31N3O4. The Labute approximate surface area is 144 Å². The number of carbonyl (C=O) groups is 2. The molecule has 0 unspecified atom stereocenters. The minimum atomic E-state index is -0.527. The first kappa shape index (κ1) is 18.8. The molecule has 3 N–H and O–H groups in total. The van der Waals surface area contributed by atoms with E-state index < -0.39 is 11.7 Å². The standard InChI is InChI=1S/C17H31N3O4/c1-17(2,3)24-16(22)20-14-9-5-4-8-13(14)19-15(21)18-11-12-7-6-10-23-12/h12-14H,4-11H2,1-3H3,(H,20,22)(H2,18,19,21)/t12-,13-,14-/m1/s1. The summed E-state index contributed by atoms with van der Waals surface area (Å²) in [6, 6.07) is -0.369. The SMILES string of the molecule is CC(C)(C)OC(=O)N[C@@H]1CCCC[C@H]1NC(=O)NC[C@H]1CCCO1. The van der Waals surface area contributed by atoms with Gasteiger partial charge in [0.15, 0.2) is 0 Å². The number of hydrogen-bond donors (Lipinski definition) is 3. The van der Waals surface area contributed by atoms with Crippen molar-refractivity contribution in [1.29, 1.82) is 0 Å². The quantitative estimate of drug-likeness (QED) is 0.732. The first-order valence-corrected chi connectivity index (χ1v) is 8.99. The van der Waals surface area contributed by atoms with Gasteiger partial charge < -0.3 is 25.4 Å². The molecule has 0 aromatic carbocycles. The van der Waals surface area contributed by atoms with Crippen LogP contribution in [0.2, 0.25) is 0 Å². The number of carbonyl (C=O) groups excluding carboxylic acids is 2. The lowest BCUT2D eigenvalue weighted by Crippen LogP contribution is -2.56. The Hall–Kier alpha value is -1.50. The first-order chi connectivity index (χ1) is 11.3. The summed E-state index contributed by atoms with van der Waals surface area (Å²) in [6.45, 7) is 6.81. The Balaban J connectivity index is 1.77. The van der Waals surface area contributed by atoms with Crippen molar-refractivity contribution >= 4 is 12.1 Å². The smallest absolute Gasteiger partial charge is 0.407 e. The van der Waals surface area contributed by atoms with Crippen LogP contribution in [0.25, 0.3) is 0 Å². The second kappa shape index (κ2) is 8.55. The molecule has 138 valence electrons. The molecule has 7 heteroatoms. The molecule has 1 saturated carbocycles. The monoisotopic (exact) mass is 341 g/mol. The van der Waals surface area contributed by atoms with Crippen LogP contribution in [0.15, 0.2) is 0 Å². The first-order valence-electron chi connectivity index (χ1n) is 8.99. The maximum Gasteiger partial charge on any atom is 0.407 e. The Kier molecular flexibility index (Phi) is 6.71. The predicted molar refractivity (Wildman–Crippen MR) is 90.9 cm³/mol. The fourth-order valence-corrected chi connectivity index (χ4v) is 3.17. The highest BCUT2D eigenvalue weighted by Crippen LogP contribution is 2.19. The summed E-state index contributed by atoms with van der Waals surface area (Å²) in [6.07, 6.45) is 5.52. The minimum absolute atomic E-state index is 0.0734. The molecule has 2 rings (SSSR count). The van der Waals surface area contributed by atoms with E-state index in [1.165, 1.54) is 0 Å². The second-order valence-corrected chi connectivity index (χ2v) is 7.63. The highest BCUT2D eigenvalue weighted by molar-refractivity contribution is 5.74. The molecule has 0 radical (unpaired) electrons. The van der Waals surface area contributed by atoms with E-state index in [0.29, 0.717) is 6.54 Å². The summed E-state index contributed by atoms with van der Waals surface area (Å²) in [5, 5.41) is 8.75. The van der Waals surface area contributed by atoms with Gasteiger partial charge >= 0.3 is 12.1 Å². The van der Waals surface area contributed by atoms with Gasteiger partial charge in [-0.2, -0.15) is 0 Å². The van der Waals surface area contributed by atoms with Crippen LogP contribution in [0, 0.1) is 0 Å². The van der Waals surface area contributed by atoms with Gasteiger partial charge in [-0.25, -0.2) is 9.59 Å². The lowest BCUT2D eigenvalue weighted by atomic mass is 9.90. The molecule has 24 heavy (non-hydrogen) atoms. The topological polar surface area (TPSA) is 88.7 Å². The van der Waals surface area contributed by atoms with Crippen molar-refractivity contribution in [2.75, 3.05) is 13.2 Å². The largest absolute Gasteiger partial charge is 0.444 e. The highest BCUT2D eigenvalue weighted by atomic mass is 16.6. The van der Waals surface area contributed by atoms with E-state index in [1.807, 2.05) is 20.8 Å². The van der Waals surface area contributed by atoms with Crippen molar-refractivity contribution in [2.45, 2.75) is 83.1 Å². The molecule has 2 fully saturated rings. The molecule has 0 spiro atoms. The number of alkyl carbamates (subject to hydrolysis) is 1. The van der Waals surface area contributed by atoms with Crippen LogP contribution in [0.3, 0.4) is 0 Å². The van der Waals surface area contributed by atoms with Crippen molar-refractivity contribution in [2.24, 2.45) is 0 Å². The average molecular weight is 341 g/mol. The predicted octanol–water partition coefficient (Wildman–Crippen LogP) is 2.30. The normalized spacial score (nSPS) is 27.4. The van der Waals surface area contributed by atoms with Crippen LogP contribution in [0.4, 0.5) is 9.59 Å². The van der Waals surface area contributed by atoms with Gasteiger partial charge in [0.25, 0.3) is 0 Å². The fraction of sp³-hybridized carbons (Fsp3) is 0.882. The van der Waals surface area contributed by atoms with Gasteiger partial charge in [-0.05, 0) is 46.5 Å².